The number of anilines is 1. The summed E-state index contributed by atoms with van der Waals surface area (Å²) >= 11 is 0. The fraction of sp³-hybridized carbons (Fsp3) is 0.316. The van der Waals surface area contributed by atoms with E-state index in [1.165, 1.54) is 0 Å². The molecule has 0 aliphatic rings. The SMILES string of the molecule is CC[C@@H](NC(=O)CN(c1ccccc1C)S(C)(=O)=O)c1ccccc1. The first kappa shape index (κ1) is 19.0. The van der Waals surface area contributed by atoms with Crippen LogP contribution in [-0.2, 0) is 14.8 Å². The molecule has 134 valence electrons. The van der Waals surface area contributed by atoms with Crippen LogP contribution in [0.3, 0.4) is 0 Å². The number of para-hydroxylation sites is 1. The highest BCUT2D eigenvalue weighted by Crippen LogP contribution is 2.22. The summed E-state index contributed by atoms with van der Waals surface area (Å²) < 4.78 is 25.5. The predicted molar refractivity (Wildman–Crippen MR) is 101 cm³/mol. The molecule has 6 heteroatoms. The Bertz CT molecular complexity index is 820. The van der Waals surface area contributed by atoms with Crippen LogP contribution in [0.15, 0.2) is 54.6 Å². The minimum Gasteiger partial charge on any atom is -0.348 e. The Morgan fingerprint density at radius 3 is 2.24 bits per heavy atom. The van der Waals surface area contributed by atoms with Crippen molar-refractivity contribution in [2.45, 2.75) is 26.3 Å². The molecule has 1 amide bonds. The molecule has 0 saturated carbocycles. The number of nitrogens with zero attached hydrogens (tertiary/aromatic N) is 1. The van der Waals surface area contributed by atoms with Gasteiger partial charge in [-0.1, -0.05) is 55.5 Å². The molecule has 0 heterocycles. The topological polar surface area (TPSA) is 66.5 Å². The summed E-state index contributed by atoms with van der Waals surface area (Å²) in [5, 5.41) is 2.93. The van der Waals surface area contributed by atoms with Crippen molar-refractivity contribution >= 4 is 21.6 Å². The van der Waals surface area contributed by atoms with E-state index in [9.17, 15) is 13.2 Å². The lowest BCUT2D eigenvalue weighted by Gasteiger charge is -2.25. The Morgan fingerprint density at radius 1 is 1.08 bits per heavy atom. The van der Waals surface area contributed by atoms with Crippen LogP contribution in [0.5, 0.6) is 0 Å². The third-order valence-electron chi connectivity index (χ3n) is 4.02. The second-order valence-corrected chi connectivity index (χ2v) is 7.90. The Balaban J connectivity index is 2.19. The monoisotopic (exact) mass is 360 g/mol. The molecule has 0 aliphatic heterocycles. The van der Waals surface area contributed by atoms with Crippen molar-refractivity contribution in [1.29, 1.82) is 0 Å². The highest BCUT2D eigenvalue weighted by Gasteiger charge is 2.23. The van der Waals surface area contributed by atoms with E-state index in [1.807, 2.05) is 56.3 Å². The average Bonchev–Trinajstić information content (AvgIpc) is 2.58. The van der Waals surface area contributed by atoms with Gasteiger partial charge < -0.3 is 5.32 Å². The first-order chi connectivity index (χ1) is 11.8. The number of benzene rings is 2. The van der Waals surface area contributed by atoms with Crippen molar-refractivity contribution in [2.75, 3.05) is 17.1 Å². The number of hydrogen-bond acceptors (Lipinski definition) is 3. The van der Waals surface area contributed by atoms with Gasteiger partial charge in [0.15, 0.2) is 0 Å². The number of rotatable bonds is 7. The van der Waals surface area contributed by atoms with E-state index in [0.717, 1.165) is 28.1 Å². The second-order valence-electron chi connectivity index (χ2n) is 6.00. The molecule has 25 heavy (non-hydrogen) atoms. The summed E-state index contributed by atoms with van der Waals surface area (Å²) in [6.45, 7) is 3.56. The number of amides is 1. The van der Waals surface area contributed by atoms with Crippen molar-refractivity contribution in [2.24, 2.45) is 0 Å². The zero-order chi connectivity index (χ0) is 18.4. The smallest absolute Gasteiger partial charge is 0.241 e. The number of hydrogen-bond donors (Lipinski definition) is 1. The van der Waals surface area contributed by atoms with E-state index in [4.69, 9.17) is 0 Å². The van der Waals surface area contributed by atoms with Crippen LogP contribution in [-0.4, -0.2) is 27.1 Å². The largest absolute Gasteiger partial charge is 0.348 e. The maximum absolute atomic E-state index is 12.5. The fourth-order valence-electron chi connectivity index (χ4n) is 2.70. The van der Waals surface area contributed by atoms with Gasteiger partial charge in [0.2, 0.25) is 15.9 Å². The second kappa shape index (κ2) is 8.16. The minimum atomic E-state index is -3.57. The number of sulfonamides is 1. The lowest BCUT2D eigenvalue weighted by molar-refractivity contribution is -0.120. The Labute approximate surface area is 149 Å². The van der Waals surface area contributed by atoms with E-state index >= 15 is 0 Å². The van der Waals surface area contributed by atoms with E-state index < -0.39 is 10.0 Å². The van der Waals surface area contributed by atoms with Crippen LogP contribution in [0.1, 0.15) is 30.5 Å². The van der Waals surface area contributed by atoms with Gasteiger partial charge in [-0.05, 0) is 30.5 Å². The lowest BCUT2D eigenvalue weighted by atomic mass is 10.0. The standard InChI is InChI=1S/C19H24N2O3S/c1-4-17(16-11-6-5-7-12-16)20-19(22)14-21(25(3,23)24)18-13-9-8-10-15(18)2/h5-13,17H,4,14H2,1-3H3,(H,20,22)/t17-/m1/s1. The van der Waals surface area contributed by atoms with Gasteiger partial charge in [0.25, 0.3) is 0 Å². The molecule has 0 aromatic heterocycles. The summed E-state index contributed by atoms with van der Waals surface area (Å²) in [4.78, 5) is 12.5. The Morgan fingerprint density at radius 2 is 1.68 bits per heavy atom. The van der Waals surface area contributed by atoms with Crippen molar-refractivity contribution in [3.05, 3.63) is 65.7 Å². The van der Waals surface area contributed by atoms with E-state index in [-0.39, 0.29) is 18.5 Å². The van der Waals surface area contributed by atoms with Crippen LogP contribution in [0.4, 0.5) is 5.69 Å². The molecule has 1 N–H and O–H groups in total. The molecule has 0 unspecified atom stereocenters. The Kier molecular flexibility index (Phi) is 6.20. The number of aryl methyl sites for hydroxylation is 1. The van der Waals surface area contributed by atoms with Gasteiger partial charge in [-0.3, -0.25) is 9.10 Å². The molecular weight excluding hydrogens is 336 g/mol. The number of nitrogens with one attached hydrogen (secondary N) is 1. The summed E-state index contributed by atoms with van der Waals surface area (Å²) in [7, 11) is -3.57. The van der Waals surface area contributed by atoms with Crippen molar-refractivity contribution < 1.29 is 13.2 Å². The molecule has 0 aliphatic carbocycles. The van der Waals surface area contributed by atoms with Gasteiger partial charge >= 0.3 is 0 Å². The van der Waals surface area contributed by atoms with Gasteiger partial charge in [0.1, 0.15) is 6.54 Å². The summed E-state index contributed by atoms with van der Waals surface area (Å²) in [5.74, 6) is -0.329. The maximum Gasteiger partial charge on any atom is 0.241 e. The summed E-state index contributed by atoms with van der Waals surface area (Å²) in [5.41, 5.74) is 2.32. The molecule has 0 spiro atoms. The minimum absolute atomic E-state index is 0.146. The molecule has 0 saturated heterocycles. The lowest BCUT2D eigenvalue weighted by Crippen LogP contribution is -2.41. The molecule has 1 atom stereocenters. The molecule has 2 aromatic rings. The molecule has 0 radical (unpaired) electrons. The first-order valence-corrected chi connectivity index (χ1v) is 10.1. The molecule has 5 nitrogen and oxygen atoms in total. The summed E-state index contributed by atoms with van der Waals surface area (Å²) in [6, 6.07) is 16.6. The van der Waals surface area contributed by atoms with Gasteiger partial charge in [-0.25, -0.2) is 8.42 Å². The van der Waals surface area contributed by atoms with Crippen molar-refractivity contribution in [3.8, 4) is 0 Å². The fourth-order valence-corrected chi connectivity index (χ4v) is 3.62. The quantitative estimate of drug-likeness (QED) is 0.825. The zero-order valence-corrected chi connectivity index (χ0v) is 15.6. The third-order valence-corrected chi connectivity index (χ3v) is 5.14. The van der Waals surface area contributed by atoms with E-state index in [0.29, 0.717) is 5.69 Å². The van der Waals surface area contributed by atoms with Crippen LogP contribution in [0.2, 0.25) is 0 Å². The maximum atomic E-state index is 12.5. The van der Waals surface area contributed by atoms with Gasteiger partial charge in [0.05, 0.1) is 18.0 Å². The number of carbonyl (C=O) groups is 1. The number of carbonyl (C=O) groups excluding carboxylic acids is 1. The predicted octanol–water partition coefficient (Wildman–Crippen LogP) is 3.03. The molecular formula is C19H24N2O3S. The summed E-state index contributed by atoms with van der Waals surface area (Å²) in [6.07, 6.45) is 1.83. The molecule has 0 bridgehead atoms. The Hall–Kier alpha value is -2.34. The van der Waals surface area contributed by atoms with Crippen molar-refractivity contribution in [1.82, 2.24) is 5.32 Å². The van der Waals surface area contributed by atoms with Gasteiger partial charge in [0, 0.05) is 0 Å². The van der Waals surface area contributed by atoms with Crippen LogP contribution in [0.25, 0.3) is 0 Å². The highest BCUT2D eigenvalue weighted by molar-refractivity contribution is 7.92. The molecule has 0 fully saturated rings. The third kappa shape index (κ3) is 5.06. The highest BCUT2D eigenvalue weighted by atomic mass is 32.2. The van der Waals surface area contributed by atoms with Crippen molar-refractivity contribution in [3.63, 3.8) is 0 Å². The van der Waals surface area contributed by atoms with Gasteiger partial charge in [-0.2, -0.15) is 0 Å². The van der Waals surface area contributed by atoms with Gasteiger partial charge in [-0.15, -0.1) is 0 Å². The normalized spacial score (nSPS) is 12.4. The first-order valence-electron chi connectivity index (χ1n) is 8.20. The zero-order valence-electron chi connectivity index (χ0n) is 14.8. The molecule has 2 aromatic carbocycles. The molecule has 2 rings (SSSR count). The van der Waals surface area contributed by atoms with E-state index in [2.05, 4.69) is 5.32 Å². The van der Waals surface area contributed by atoms with E-state index in [1.54, 1.807) is 12.1 Å². The van der Waals surface area contributed by atoms with Crippen LogP contribution in [0, 0.1) is 6.92 Å². The van der Waals surface area contributed by atoms with Crippen LogP contribution >= 0.6 is 0 Å². The van der Waals surface area contributed by atoms with Crippen LogP contribution < -0.4 is 9.62 Å². The average molecular weight is 360 g/mol.